The number of carboxylic acids is 1. The van der Waals surface area contributed by atoms with E-state index in [1.807, 2.05) is 13.8 Å². The van der Waals surface area contributed by atoms with E-state index in [4.69, 9.17) is 10.2 Å². The van der Waals surface area contributed by atoms with Crippen LogP contribution in [0.5, 0.6) is 0 Å². The second kappa shape index (κ2) is 6.03. The number of nitrogens with one attached hydrogen (secondary N) is 1. The maximum Gasteiger partial charge on any atom is 0.308 e. The van der Waals surface area contributed by atoms with Crippen LogP contribution in [0, 0.1) is 11.8 Å². The van der Waals surface area contributed by atoms with Crippen LogP contribution < -0.4 is 10.5 Å². The Labute approximate surface area is 112 Å². The lowest BCUT2D eigenvalue weighted by Crippen LogP contribution is -2.27. The van der Waals surface area contributed by atoms with E-state index >= 15 is 0 Å². The predicted octanol–water partition coefficient (Wildman–Crippen LogP) is 1.10. The van der Waals surface area contributed by atoms with E-state index in [-0.39, 0.29) is 17.4 Å². The van der Waals surface area contributed by atoms with E-state index in [1.54, 1.807) is 12.1 Å². The number of rotatable bonds is 6. The molecule has 1 aromatic carbocycles. The third-order valence-electron chi connectivity index (χ3n) is 2.83. The summed E-state index contributed by atoms with van der Waals surface area (Å²) in [6.45, 7) is 3.96. The van der Waals surface area contributed by atoms with Gasteiger partial charge in [-0.3, -0.25) is 4.79 Å². The highest BCUT2D eigenvalue weighted by Gasteiger charge is 2.20. The van der Waals surface area contributed by atoms with Crippen LogP contribution >= 0.6 is 0 Å². The van der Waals surface area contributed by atoms with Gasteiger partial charge in [0.1, 0.15) is 0 Å². The minimum absolute atomic E-state index is 0.00805. The standard InChI is InChI=1S/C12H18N2O4S/c1-8(2)11(12(15)16)7-14-9-3-5-10(6-4-9)19(13,17)18/h3-6,8,11,14H,7H2,1-2H3,(H,15,16)(H2,13,17,18). The fourth-order valence-electron chi connectivity index (χ4n) is 1.60. The van der Waals surface area contributed by atoms with Gasteiger partial charge in [-0.15, -0.1) is 0 Å². The van der Waals surface area contributed by atoms with E-state index in [2.05, 4.69) is 5.32 Å². The van der Waals surface area contributed by atoms with Crippen molar-refractivity contribution in [3.63, 3.8) is 0 Å². The molecule has 19 heavy (non-hydrogen) atoms. The highest BCUT2D eigenvalue weighted by Crippen LogP contribution is 2.16. The van der Waals surface area contributed by atoms with Gasteiger partial charge in [-0.05, 0) is 30.2 Å². The molecule has 0 fully saturated rings. The number of benzene rings is 1. The normalized spacial score (nSPS) is 13.3. The lowest BCUT2D eigenvalue weighted by molar-refractivity contribution is -0.142. The highest BCUT2D eigenvalue weighted by molar-refractivity contribution is 7.89. The molecule has 0 bridgehead atoms. The Morgan fingerprint density at radius 1 is 1.32 bits per heavy atom. The fraction of sp³-hybridized carbons (Fsp3) is 0.417. The van der Waals surface area contributed by atoms with Gasteiger partial charge < -0.3 is 10.4 Å². The molecule has 1 atom stereocenters. The monoisotopic (exact) mass is 286 g/mol. The number of primary sulfonamides is 1. The number of carbonyl (C=O) groups is 1. The number of aliphatic carboxylic acids is 1. The third-order valence-corrected chi connectivity index (χ3v) is 3.76. The number of hydrogen-bond donors (Lipinski definition) is 3. The number of carboxylic acid groups (broad SMARTS) is 1. The van der Waals surface area contributed by atoms with Crippen molar-refractivity contribution in [2.75, 3.05) is 11.9 Å². The second-order valence-corrected chi connectivity index (χ2v) is 6.20. The van der Waals surface area contributed by atoms with Crippen molar-refractivity contribution in [2.24, 2.45) is 17.0 Å². The summed E-state index contributed by atoms with van der Waals surface area (Å²) in [5.74, 6) is -1.35. The summed E-state index contributed by atoms with van der Waals surface area (Å²) in [5.41, 5.74) is 0.652. The molecule has 1 unspecified atom stereocenters. The van der Waals surface area contributed by atoms with Crippen molar-refractivity contribution in [2.45, 2.75) is 18.7 Å². The van der Waals surface area contributed by atoms with Gasteiger partial charge in [0.25, 0.3) is 0 Å². The first-order chi connectivity index (χ1) is 8.71. The molecule has 0 aliphatic heterocycles. The average molecular weight is 286 g/mol. The molecule has 0 saturated carbocycles. The number of sulfonamides is 1. The topological polar surface area (TPSA) is 109 Å². The van der Waals surface area contributed by atoms with Gasteiger partial charge in [0.05, 0.1) is 10.8 Å². The highest BCUT2D eigenvalue weighted by atomic mass is 32.2. The fourth-order valence-corrected chi connectivity index (χ4v) is 2.11. The average Bonchev–Trinajstić information content (AvgIpc) is 2.27. The minimum Gasteiger partial charge on any atom is -0.481 e. The van der Waals surface area contributed by atoms with Crippen molar-refractivity contribution in [1.29, 1.82) is 0 Å². The van der Waals surface area contributed by atoms with Crippen LogP contribution in [0.15, 0.2) is 29.2 Å². The molecule has 0 aromatic heterocycles. The number of nitrogens with two attached hydrogens (primary N) is 1. The van der Waals surface area contributed by atoms with Crippen molar-refractivity contribution < 1.29 is 18.3 Å². The number of anilines is 1. The van der Waals surface area contributed by atoms with Gasteiger partial charge in [0.2, 0.25) is 10.0 Å². The summed E-state index contributed by atoms with van der Waals surface area (Å²) in [7, 11) is -3.70. The Hall–Kier alpha value is -1.60. The second-order valence-electron chi connectivity index (χ2n) is 4.64. The molecular weight excluding hydrogens is 268 g/mol. The van der Waals surface area contributed by atoms with Crippen LogP contribution in [0.25, 0.3) is 0 Å². The Morgan fingerprint density at radius 2 is 1.84 bits per heavy atom. The molecule has 1 rings (SSSR count). The first kappa shape index (κ1) is 15.5. The van der Waals surface area contributed by atoms with Crippen LogP contribution in [0.3, 0.4) is 0 Å². The molecule has 0 spiro atoms. The van der Waals surface area contributed by atoms with Crippen LogP contribution in [0.4, 0.5) is 5.69 Å². The Bertz CT molecular complexity index is 537. The third kappa shape index (κ3) is 4.53. The SMILES string of the molecule is CC(C)C(CNc1ccc(S(N)(=O)=O)cc1)C(=O)O. The molecule has 7 heteroatoms. The van der Waals surface area contributed by atoms with Gasteiger partial charge in [-0.2, -0.15) is 0 Å². The van der Waals surface area contributed by atoms with Crippen LogP contribution in [0.2, 0.25) is 0 Å². The van der Waals surface area contributed by atoms with E-state index < -0.39 is 21.9 Å². The van der Waals surface area contributed by atoms with Crippen molar-refractivity contribution in [3.05, 3.63) is 24.3 Å². The summed E-state index contributed by atoms with van der Waals surface area (Å²) >= 11 is 0. The summed E-state index contributed by atoms with van der Waals surface area (Å²) in [5, 5.41) is 17.0. The molecule has 0 aliphatic carbocycles. The van der Waals surface area contributed by atoms with E-state index in [0.29, 0.717) is 5.69 Å². The summed E-state index contributed by atoms with van der Waals surface area (Å²) < 4.78 is 22.1. The zero-order valence-corrected chi connectivity index (χ0v) is 11.6. The first-order valence-electron chi connectivity index (χ1n) is 5.81. The molecule has 0 amide bonds. The summed E-state index contributed by atoms with van der Waals surface area (Å²) in [4.78, 5) is 11.0. The minimum atomic E-state index is -3.70. The predicted molar refractivity (Wildman–Crippen MR) is 72.3 cm³/mol. The maximum absolute atomic E-state index is 11.1. The molecule has 1 aromatic rings. The van der Waals surface area contributed by atoms with Crippen LogP contribution in [-0.2, 0) is 14.8 Å². The summed E-state index contributed by atoms with van der Waals surface area (Å²) in [6.07, 6.45) is 0. The van der Waals surface area contributed by atoms with E-state index in [0.717, 1.165) is 0 Å². The Morgan fingerprint density at radius 3 is 2.21 bits per heavy atom. The molecule has 0 radical (unpaired) electrons. The van der Waals surface area contributed by atoms with Gasteiger partial charge >= 0.3 is 5.97 Å². The molecular formula is C12H18N2O4S. The van der Waals surface area contributed by atoms with Crippen molar-refractivity contribution >= 4 is 21.7 Å². The van der Waals surface area contributed by atoms with Crippen molar-refractivity contribution in [1.82, 2.24) is 0 Å². The van der Waals surface area contributed by atoms with Crippen LogP contribution in [0.1, 0.15) is 13.8 Å². The quantitative estimate of drug-likeness (QED) is 0.725. The van der Waals surface area contributed by atoms with Gasteiger partial charge in [-0.25, -0.2) is 13.6 Å². The Balaban J connectivity index is 2.71. The zero-order chi connectivity index (χ0) is 14.6. The molecule has 106 valence electrons. The van der Waals surface area contributed by atoms with Crippen LogP contribution in [-0.4, -0.2) is 26.0 Å². The maximum atomic E-state index is 11.1. The van der Waals surface area contributed by atoms with Gasteiger partial charge in [0.15, 0.2) is 0 Å². The molecule has 4 N–H and O–H groups in total. The van der Waals surface area contributed by atoms with E-state index in [9.17, 15) is 13.2 Å². The van der Waals surface area contributed by atoms with E-state index in [1.165, 1.54) is 12.1 Å². The first-order valence-corrected chi connectivity index (χ1v) is 7.36. The van der Waals surface area contributed by atoms with Crippen molar-refractivity contribution in [3.8, 4) is 0 Å². The molecule has 0 saturated heterocycles. The lowest BCUT2D eigenvalue weighted by atomic mass is 9.96. The summed E-state index contributed by atoms with van der Waals surface area (Å²) in [6, 6.07) is 5.86. The largest absolute Gasteiger partial charge is 0.481 e. The van der Waals surface area contributed by atoms with Gasteiger partial charge in [-0.1, -0.05) is 13.8 Å². The lowest BCUT2D eigenvalue weighted by Gasteiger charge is -2.17. The molecule has 6 nitrogen and oxygen atoms in total. The zero-order valence-electron chi connectivity index (χ0n) is 10.8. The number of hydrogen-bond acceptors (Lipinski definition) is 4. The smallest absolute Gasteiger partial charge is 0.308 e. The molecule has 0 aliphatic rings. The Kier molecular flexibility index (Phi) is 4.90. The van der Waals surface area contributed by atoms with Gasteiger partial charge in [0, 0.05) is 12.2 Å². The molecule has 0 heterocycles.